The van der Waals surface area contributed by atoms with Gasteiger partial charge in [0.25, 0.3) is 0 Å². The van der Waals surface area contributed by atoms with E-state index in [1.807, 2.05) is 0 Å². The number of piperazine rings is 1. The van der Waals surface area contributed by atoms with Crippen molar-refractivity contribution in [3.8, 4) is 5.75 Å². The van der Waals surface area contributed by atoms with Crippen LogP contribution in [-0.2, 0) is 9.53 Å². The molecule has 1 aliphatic rings. The number of nitrogens with zero attached hydrogens (tertiary/aromatic N) is 2. The number of aromatic hydroxyl groups is 1. The van der Waals surface area contributed by atoms with E-state index in [0.29, 0.717) is 4.90 Å². The molecule has 31 heavy (non-hydrogen) atoms. The van der Waals surface area contributed by atoms with Crippen molar-refractivity contribution in [2.45, 2.75) is 32.4 Å². The Morgan fingerprint density at radius 1 is 1.16 bits per heavy atom. The summed E-state index contributed by atoms with van der Waals surface area (Å²) in [5, 5.41) is 12.0. The summed E-state index contributed by atoms with van der Waals surface area (Å²) < 4.78 is 39.8. The third-order valence-corrected chi connectivity index (χ3v) is 4.60. The Bertz CT molecular complexity index is 1060. The van der Waals surface area contributed by atoms with E-state index in [2.05, 4.69) is 5.32 Å². The van der Waals surface area contributed by atoms with Crippen molar-refractivity contribution in [3.05, 3.63) is 34.7 Å². The van der Waals surface area contributed by atoms with Gasteiger partial charge in [0.2, 0.25) is 0 Å². The number of anilines is 1. The van der Waals surface area contributed by atoms with Crippen molar-refractivity contribution in [1.29, 1.82) is 0 Å². The molecule has 1 saturated heterocycles. The molecular weight excluding hydrogens is 416 g/mol. The molecule has 2 aromatic rings. The molecular formula is C20H23F2N3O6. The Morgan fingerprint density at radius 3 is 2.42 bits per heavy atom. The third kappa shape index (κ3) is 4.93. The van der Waals surface area contributed by atoms with Crippen LogP contribution in [0.2, 0.25) is 0 Å². The highest BCUT2D eigenvalue weighted by atomic mass is 19.3. The molecule has 0 unspecified atom stereocenters. The molecule has 1 fully saturated rings. The van der Waals surface area contributed by atoms with Gasteiger partial charge in [-0.05, 0) is 32.9 Å². The molecule has 2 N–H and O–H groups in total. The molecule has 11 heteroatoms. The number of nitrogens with one attached hydrogen (secondary N) is 1. The van der Waals surface area contributed by atoms with Crippen LogP contribution in [-0.4, -0.2) is 64.7 Å². The SMILES string of the molecule is CC(C)(C)OC(=O)N1CCN(C(F)(F)C(=O)Nc2cccc3c(O)cc(=O)oc23)CC1. The minimum Gasteiger partial charge on any atom is -0.507 e. The molecule has 0 radical (unpaired) electrons. The van der Waals surface area contributed by atoms with E-state index in [-0.39, 0.29) is 42.8 Å². The van der Waals surface area contributed by atoms with Crippen LogP contribution in [0, 0.1) is 0 Å². The number of benzene rings is 1. The van der Waals surface area contributed by atoms with Crippen LogP contribution < -0.4 is 10.9 Å². The van der Waals surface area contributed by atoms with Crippen LogP contribution >= 0.6 is 0 Å². The van der Waals surface area contributed by atoms with Crippen molar-refractivity contribution in [2.75, 3.05) is 31.5 Å². The summed E-state index contributed by atoms with van der Waals surface area (Å²) in [7, 11) is 0. The number of carbonyl (C=O) groups is 2. The maximum Gasteiger partial charge on any atom is 0.410 e. The van der Waals surface area contributed by atoms with Gasteiger partial charge in [0.15, 0.2) is 5.58 Å². The van der Waals surface area contributed by atoms with Crippen molar-refractivity contribution < 1.29 is 32.6 Å². The molecule has 2 heterocycles. The van der Waals surface area contributed by atoms with Gasteiger partial charge in [-0.2, -0.15) is 8.78 Å². The van der Waals surface area contributed by atoms with Crippen LogP contribution in [0.15, 0.2) is 33.5 Å². The van der Waals surface area contributed by atoms with E-state index in [9.17, 15) is 28.3 Å². The maximum absolute atomic E-state index is 14.8. The molecule has 0 aliphatic carbocycles. The zero-order chi connectivity index (χ0) is 23.0. The summed E-state index contributed by atoms with van der Waals surface area (Å²) in [6.07, 6.45) is -0.606. The number of amides is 2. The van der Waals surface area contributed by atoms with Gasteiger partial charge in [0, 0.05) is 26.2 Å². The number of alkyl halides is 2. The van der Waals surface area contributed by atoms with E-state index in [1.54, 1.807) is 20.8 Å². The Kier molecular flexibility index (Phi) is 5.90. The standard InChI is InChI=1S/C20H23F2N3O6/c1-19(2,3)31-18(29)24-7-9-25(10-8-24)20(21,22)17(28)23-13-6-4-5-12-14(26)11-15(27)30-16(12)13/h4-6,11,26H,7-10H2,1-3H3,(H,23,28). The molecule has 1 aromatic heterocycles. The first kappa shape index (κ1) is 22.5. The van der Waals surface area contributed by atoms with E-state index in [4.69, 9.17) is 9.15 Å². The van der Waals surface area contributed by atoms with Crippen molar-refractivity contribution in [2.24, 2.45) is 0 Å². The fourth-order valence-corrected chi connectivity index (χ4v) is 3.10. The monoisotopic (exact) mass is 439 g/mol. The topological polar surface area (TPSA) is 112 Å². The minimum atomic E-state index is -3.89. The summed E-state index contributed by atoms with van der Waals surface area (Å²) in [5.41, 5.74) is -1.99. The molecule has 0 spiro atoms. The minimum absolute atomic E-state index is 0.0329. The second-order valence-corrected chi connectivity index (χ2v) is 8.08. The second kappa shape index (κ2) is 8.14. The molecule has 0 bridgehead atoms. The highest BCUT2D eigenvalue weighted by molar-refractivity contribution is 6.03. The molecule has 1 aliphatic heterocycles. The largest absolute Gasteiger partial charge is 0.507 e. The van der Waals surface area contributed by atoms with E-state index >= 15 is 0 Å². The van der Waals surface area contributed by atoms with Crippen molar-refractivity contribution in [3.63, 3.8) is 0 Å². The lowest BCUT2D eigenvalue weighted by molar-refractivity contribution is -0.177. The Hall–Kier alpha value is -3.21. The van der Waals surface area contributed by atoms with E-state index in [0.717, 1.165) is 6.07 Å². The summed E-state index contributed by atoms with van der Waals surface area (Å²) in [5.74, 6) is -2.02. The fraction of sp³-hybridized carbons (Fsp3) is 0.450. The molecule has 168 valence electrons. The van der Waals surface area contributed by atoms with Gasteiger partial charge in [-0.15, -0.1) is 0 Å². The predicted molar refractivity (Wildman–Crippen MR) is 107 cm³/mol. The maximum atomic E-state index is 14.8. The van der Waals surface area contributed by atoms with Gasteiger partial charge < -0.3 is 24.5 Å². The van der Waals surface area contributed by atoms with Crippen LogP contribution in [0.3, 0.4) is 0 Å². The van der Waals surface area contributed by atoms with E-state index in [1.165, 1.54) is 23.1 Å². The Labute approximate surface area is 176 Å². The van der Waals surface area contributed by atoms with Crippen LogP contribution in [0.4, 0.5) is 19.3 Å². The highest BCUT2D eigenvalue weighted by Gasteiger charge is 2.47. The number of hydrogen-bond acceptors (Lipinski definition) is 7. The molecule has 0 saturated carbocycles. The first-order chi connectivity index (χ1) is 14.4. The Morgan fingerprint density at radius 2 is 1.81 bits per heavy atom. The lowest BCUT2D eigenvalue weighted by atomic mass is 10.2. The number of ether oxygens (including phenoxy) is 1. The summed E-state index contributed by atoms with van der Waals surface area (Å²) >= 11 is 0. The van der Waals surface area contributed by atoms with Crippen molar-refractivity contribution >= 4 is 28.7 Å². The zero-order valence-electron chi connectivity index (χ0n) is 17.3. The first-order valence-corrected chi connectivity index (χ1v) is 9.56. The van der Waals surface area contributed by atoms with Gasteiger partial charge in [0.1, 0.15) is 11.4 Å². The smallest absolute Gasteiger partial charge is 0.410 e. The normalized spacial score (nSPS) is 15.7. The van der Waals surface area contributed by atoms with Gasteiger partial charge in [-0.1, -0.05) is 6.07 Å². The number of hydrogen-bond donors (Lipinski definition) is 2. The van der Waals surface area contributed by atoms with Gasteiger partial charge in [-0.25, -0.2) is 14.5 Å². The highest BCUT2D eigenvalue weighted by Crippen LogP contribution is 2.30. The Balaban J connectivity index is 1.71. The quantitative estimate of drug-likeness (QED) is 0.558. The second-order valence-electron chi connectivity index (χ2n) is 8.08. The number of rotatable bonds is 3. The third-order valence-electron chi connectivity index (χ3n) is 4.60. The van der Waals surface area contributed by atoms with Gasteiger partial charge in [0.05, 0.1) is 17.1 Å². The fourth-order valence-electron chi connectivity index (χ4n) is 3.10. The van der Waals surface area contributed by atoms with E-state index < -0.39 is 35.0 Å². The average molecular weight is 439 g/mol. The number of carbonyl (C=O) groups excluding carboxylic acids is 2. The number of para-hydroxylation sites is 1. The molecule has 0 atom stereocenters. The molecule has 3 rings (SSSR count). The lowest BCUT2D eigenvalue weighted by Gasteiger charge is -2.38. The first-order valence-electron chi connectivity index (χ1n) is 9.56. The van der Waals surface area contributed by atoms with Crippen LogP contribution in [0.25, 0.3) is 11.0 Å². The van der Waals surface area contributed by atoms with Gasteiger partial charge >= 0.3 is 23.7 Å². The molecule has 1 aromatic carbocycles. The molecule has 2 amide bonds. The summed E-state index contributed by atoms with van der Waals surface area (Å²) in [4.78, 5) is 37.9. The lowest BCUT2D eigenvalue weighted by Crippen LogP contribution is -2.59. The average Bonchev–Trinajstić information content (AvgIpc) is 2.67. The van der Waals surface area contributed by atoms with Crippen molar-refractivity contribution in [1.82, 2.24) is 9.80 Å². The molecule has 9 nitrogen and oxygen atoms in total. The summed E-state index contributed by atoms with van der Waals surface area (Å²) in [6, 6.07) is 1.05. The summed E-state index contributed by atoms with van der Waals surface area (Å²) in [6.45, 7) is 4.55. The predicted octanol–water partition coefficient (Wildman–Crippen LogP) is 2.58. The van der Waals surface area contributed by atoms with Crippen LogP contribution in [0.1, 0.15) is 20.8 Å². The number of fused-ring (bicyclic) bond motifs is 1. The van der Waals surface area contributed by atoms with Gasteiger partial charge in [-0.3, -0.25) is 4.79 Å². The zero-order valence-corrected chi connectivity index (χ0v) is 17.3. The number of halogens is 2. The van der Waals surface area contributed by atoms with Crippen LogP contribution in [0.5, 0.6) is 5.75 Å².